The summed E-state index contributed by atoms with van der Waals surface area (Å²) in [6.07, 6.45) is 2.40. The first-order valence-corrected chi connectivity index (χ1v) is 6.55. The molecule has 0 aromatic heterocycles. The molecule has 0 spiro atoms. The highest BCUT2D eigenvalue weighted by atomic mass is 35.5. The molecule has 0 saturated heterocycles. The number of benzene rings is 1. The predicted molar refractivity (Wildman–Crippen MR) is 75.8 cm³/mol. The van der Waals surface area contributed by atoms with E-state index >= 15 is 0 Å². The Labute approximate surface area is 120 Å². The van der Waals surface area contributed by atoms with Crippen molar-refractivity contribution in [1.29, 1.82) is 0 Å². The number of carboxylic acids is 1. The second-order valence-electron chi connectivity index (χ2n) is 4.42. The molecule has 2 rings (SSSR count). The average molecular weight is 296 g/mol. The molecule has 20 heavy (non-hydrogen) atoms. The zero-order valence-electron chi connectivity index (χ0n) is 11.1. The van der Waals surface area contributed by atoms with Gasteiger partial charge in [0.15, 0.2) is 5.43 Å². The lowest BCUT2D eigenvalue weighted by Gasteiger charge is -2.19. The SMILES string of the molecule is CCCOn1cc2c(Cl)cc(=O)cc-2c(C(=O)O)c1C. The second-order valence-corrected chi connectivity index (χ2v) is 4.83. The molecule has 5 nitrogen and oxygen atoms in total. The van der Waals surface area contributed by atoms with Gasteiger partial charge in [0.05, 0.1) is 22.5 Å². The fraction of sp³-hybridized carbons (Fsp3) is 0.286. The maximum absolute atomic E-state index is 11.5. The molecule has 106 valence electrons. The number of fused-ring (bicyclic) bond motifs is 1. The maximum atomic E-state index is 11.5. The molecule has 1 aliphatic heterocycles. The van der Waals surface area contributed by atoms with E-state index in [2.05, 4.69) is 0 Å². The largest absolute Gasteiger partial charge is 0.478 e. The van der Waals surface area contributed by atoms with Gasteiger partial charge < -0.3 is 9.94 Å². The molecule has 0 aromatic carbocycles. The Morgan fingerprint density at radius 1 is 1.40 bits per heavy atom. The average Bonchev–Trinajstić information content (AvgIpc) is 2.36. The van der Waals surface area contributed by atoms with E-state index in [1.807, 2.05) is 6.92 Å². The minimum Gasteiger partial charge on any atom is -0.478 e. The van der Waals surface area contributed by atoms with Crippen LogP contribution in [-0.2, 0) is 0 Å². The van der Waals surface area contributed by atoms with Crippen LogP contribution >= 0.6 is 11.6 Å². The third-order valence-corrected chi connectivity index (χ3v) is 3.27. The van der Waals surface area contributed by atoms with Gasteiger partial charge in [-0.25, -0.2) is 4.79 Å². The lowest BCUT2D eigenvalue weighted by atomic mass is 9.98. The molecule has 0 amide bonds. The molecular formula is C14H14ClNO4. The molecule has 0 bridgehead atoms. The molecule has 1 heterocycles. The molecule has 1 N–H and O–H groups in total. The van der Waals surface area contributed by atoms with Crippen molar-refractivity contribution in [3.05, 3.63) is 44.8 Å². The monoisotopic (exact) mass is 295 g/mol. The third kappa shape index (κ3) is 2.49. The Hall–Kier alpha value is -2.01. The van der Waals surface area contributed by atoms with Gasteiger partial charge in [-0.2, -0.15) is 4.73 Å². The number of rotatable bonds is 4. The molecule has 0 aromatic rings. The summed E-state index contributed by atoms with van der Waals surface area (Å²) in [4.78, 5) is 28.5. The summed E-state index contributed by atoms with van der Waals surface area (Å²) < 4.78 is 1.39. The van der Waals surface area contributed by atoms with Crippen LogP contribution in [-0.4, -0.2) is 22.4 Å². The Morgan fingerprint density at radius 2 is 2.10 bits per heavy atom. The van der Waals surface area contributed by atoms with E-state index in [4.69, 9.17) is 16.4 Å². The highest BCUT2D eigenvalue weighted by Gasteiger charge is 2.22. The summed E-state index contributed by atoms with van der Waals surface area (Å²) in [5.41, 5.74) is 0.921. The first kappa shape index (κ1) is 14.4. The van der Waals surface area contributed by atoms with Crippen molar-refractivity contribution >= 4 is 17.6 Å². The molecule has 0 saturated carbocycles. The van der Waals surface area contributed by atoms with E-state index < -0.39 is 5.97 Å². The number of aromatic carboxylic acids is 1. The highest BCUT2D eigenvalue weighted by molar-refractivity contribution is 6.33. The van der Waals surface area contributed by atoms with E-state index in [0.717, 1.165) is 6.42 Å². The summed E-state index contributed by atoms with van der Waals surface area (Å²) in [6.45, 7) is 4.03. The topological polar surface area (TPSA) is 68.5 Å². The Balaban J connectivity index is 2.79. The summed E-state index contributed by atoms with van der Waals surface area (Å²) in [6, 6.07) is 2.54. The molecule has 0 unspecified atom stereocenters. The lowest BCUT2D eigenvalue weighted by Crippen LogP contribution is -2.20. The standard InChI is InChI=1S/C14H14ClNO4/c1-3-4-20-16-7-11-10(5-9(17)6-12(11)15)13(8(16)2)14(18)19/h5-7H,3-4H2,1-2H3,(H,18,19). The van der Waals surface area contributed by atoms with E-state index in [1.165, 1.54) is 16.9 Å². The molecule has 1 aliphatic carbocycles. The number of hydrogen-bond acceptors (Lipinski definition) is 3. The Kier molecular flexibility index (Phi) is 3.99. The number of carboxylic acid groups (broad SMARTS) is 1. The van der Waals surface area contributed by atoms with Crippen LogP contribution < -0.4 is 10.3 Å². The second kappa shape index (κ2) is 5.54. The third-order valence-electron chi connectivity index (χ3n) is 2.96. The van der Waals surface area contributed by atoms with Crippen molar-refractivity contribution in [3.63, 3.8) is 0 Å². The van der Waals surface area contributed by atoms with Crippen LogP contribution in [0.25, 0.3) is 11.1 Å². The Morgan fingerprint density at radius 3 is 2.70 bits per heavy atom. The number of carbonyl (C=O) groups is 1. The van der Waals surface area contributed by atoms with Gasteiger partial charge in [-0.15, -0.1) is 0 Å². The normalized spacial score (nSPS) is 10.8. The van der Waals surface area contributed by atoms with Crippen LogP contribution in [0, 0.1) is 6.92 Å². The minimum absolute atomic E-state index is 0.0261. The Bertz CT molecular complexity index is 693. The molecule has 2 aliphatic rings. The molecule has 0 radical (unpaired) electrons. The lowest BCUT2D eigenvalue weighted by molar-refractivity contribution is 0.0681. The first-order valence-electron chi connectivity index (χ1n) is 6.17. The van der Waals surface area contributed by atoms with Crippen LogP contribution in [0.2, 0.25) is 5.02 Å². The van der Waals surface area contributed by atoms with Gasteiger partial charge in [0.2, 0.25) is 0 Å². The van der Waals surface area contributed by atoms with Crippen molar-refractivity contribution in [3.8, 4) is 11.1 Å². The van der Waals surface area contributed by atoms with Crippen molar-refractivity contribution in [2.45, 2.75) is 20.3 Å². The van der Waals surface area contributed by atoms with Crippen molar-refractivity contribution in [2.75, 3.05) is 6.61 Å². The fourth-order valence-electron chi connectivity index (χ4n) is 2.04. The zero-order valence-corrected chi connectivity index (χ0v) is 11.9. The fourth-order valence-corrected chi connectivity index (χ4v) is 2.30. The minimum atomic E-state index is -1.12. The van der Waals surface area contributed by atoms with Crippen molar-refractivity contribution in [2.24, 2.45) is 0 Å². The number of hydrogen-bond donors (Lipinski definition) is 1. The van der Waals surface area contributed by atoms with Gasteiger partial charge in [-0.3, -0.25) is 4.79 Å². The van der Waals surface area contributed by atoms with E-state index in [1.54, 1.807) is 13.1 Å². The molecule has 6 heteroatoms. The van der Waals surface area contributed by atoms with Crippen LogP contribution in [0.1, 0.15) is 29.4 Å². The number of pyridine rings is 1. The van der Waals surface area contributed by atoms with Gasteiger partial charge in [0, 0.05) is 17.2 Å². The summed E-state index contributed by atoms with van der Waals surface area (Å²) in [5.74, 6) is -1.12. The van der Waals surface area contributed by atoms with Gasteiger partial charge >= 0.3 is 5.97 Å². The maximum Gasteiger partial charge on any atom is 0.338 e. The van der Waals surface area contributed by atoms with Crippen LogP contribution in [0.3, 0.4) is 0 Å². The van der Waals surface area contributed by atoms with Crippen molar-refractivity contribution < 1.29 is 14.7 Å². The highest BCUT2D eigenvalue weighted by Crippen LogP contribution is 2.32. The summed E-state index contributed by atoms with van der Waals surface area (Å²) >= 11 is 6.04. The zero-order chi connectivity index (χ0) is 14.9. The van der Waals surface area contributed by atoms with Crippen LogP contribution in [0.5, 0.6) is 0 Å². The van der Waals surface area contributed by atoms with Crippen LogP contribution in [0.15, 0.2) is 23.1 Å². The van der Waals surface area contributed by atoms with E-state index in [-0.39, 0.29) is 16.0 Å². The number of aromatic nitrogens is 1. The molecular weight excluding hydrogens is 282 g/mol. The van der Waals surface area contributed by atoms with Gasteiger partial charge in [0.1, 0.15) is 6.61 Å². The van der Waals surface area contributed by atoms with E-state index in [9.17, 15) is 14.7 Å². The van der Waals surface area contributed by atoms with Gasteiger partial charge in [0.25, 0.3) is 0 Å². The number of nitrogens with zero attached hydrogens (tertiary/aromatic N) is 1. The number of halogens is 1. The predicted octanol–water partition coefficient (Wildman–Crippen LogP) is 2.45. The van der Waals surface area contributed by atoms with E-state index in [0.29, 0.717) is 23.4 Å². The quantitative estimate of drug-likeness (QED) is 0.941. The molecule has 0 fully saturated rings. The van der Waals surface area contributed by atoms with Gasteiger partial charge in [-0.1, -0.05) is 18.5 Å². The van der Waals surface area contributed by atoms with Crippen LogP contribution in [0.4, 0.5) is 0 Å². The summed E-state index contributed by atoms with van der Waals surface area (Å²) in [7, 11) is 0. The first-order chi connectivity index (χ1) is 9.45. The summed E-state index contributed by atoms with van der Waals surface area (Å²) in [5, 5.41) is 9.59. The van der Waals surface area contributed by atoms with Gasteiger partial charge in [-0.05, 0) is 19.4 Å². The molecule has 0 atom stereocenters. The van der Waals surface area contributed by atoms with Crippen molar-refractivity contribution in [1.82, 2.24) is 4.73 Å². The smallest absolute Gasteiger partial charge is 0.338 e.